The van der Waals surface area contributed by atoms with Gasteiger partial charge in [0.25, 0.3) is 0 Å². The molecule has 16 heavy (non-hydrogen) atoms. The summed E-state index contributed by atoms with van der Waals surface area (Å²) in [4.78, 5) is 0. The van der Waals surface area contributed by atoms with Crippen molar-refractivity contribution in [3.63, 3.8) is 0 Å². The van der Waals surface area contributed by atoms with E-state index in [9.17, 15) is 18.3 Å². The highest BCUT2D eigenvalue weighted by Gasteiger charge is 2.50. The Morgan fingerprint density at radius 3 is 1.75 bits per heavy atom. The highest BCUT2D eigenvalue weighted by molar-refractivity contribution is 4.84. The Balaban J connectivity index is 4.38. The molecule has 0 aliphatic heterocycles. The van der Waals surface area contributed by atoms with Crippen molar-refractivity contribution in [2.45, 2.75) is 59.2 Å². The Morgan fingerprint density at radius 2 is 1.44 bits per heavy atom. The van der Waals surface area contributed by atoms with E-state index >= 15 is 0 Å². The van der Waals surface area contributed by atoms with Crippen molar-refractivity contribution < 1.29 is 18.3 Å². The summed E-state index contributed by atoms with van der Waals surface area (Å²) >= 11 is 0. The minimum atomic E-state index is -4.54. The number of hydrogen-bond donors (Lipinski definition) is 1. The maximum absolute atomic E-state index is 12.5. The maximum atomic E-state index is 12.5. The van der Waals surface area contributed by atoms with Crippen LogP contribution in [0.1, 0.15) is 47.5 Å². The van der Waals surface area contributed by atoms with Gasteiger partial charge < -0.3 is 5.11 Å². The van der Waals surface area contributed by atoms with E-state index in [4.69, 9.17) is 0 Å². The lowest BCUT2D eigenvalue weighted by Gasteiger charge is -2.32. The zero-order chi connectivity index (χ0) is 13.1. The number of halogens is 3. The van der Waals surface area contributed by atoms with Crippen LogP contribution in [0.2, 0.25) is 0 Å². The molecule has 1 nitrogen and oxygen atoms in total. The molecule has 98 valence electrons. The molecule has 1 N–H and O–H groups in total. The van der Waals surface area contributed by atoms with Crippen LogP contribution in [0.4, 0.5) is 13.2 Å². The second-order valence-electron chi connectivity index (χ2n) is 5.56. The number of rotatable bonds is 5. The molecule has 0 aromatic carbocycles. The molecule has 0 radical (unpaired) electrons. The van der Waals surface area contributed by atoms with Crippen molar-refractivity contribution in [1.29, 1.82) is 0 Å². The first-order valence-corrected chi connectivity index (χ1v) is 5.76. The number of aliphatic hydroxyl groups is 1. The molecule has 0 spiro atoms. The van der Waals surface area contributed by atoms with E-state index in [1.165, 1.54) is 0 Å². The van der Waals surface area contributed by atoms with Crippen LogP contribution in [0, 0.1) is 17.8 Å². The molecule has 0 aromatic rings. The SMILES string of the molecule is CC(C)CC(C)C(C)CC(C)(O)C(F)(F)F. The third-order valence-corrected chi connectivity index (χ3v) is 3.14. The Bertz CT molecular complexity index is 209. The van der Waals surface area contributed by atoms with Crippen molar-refractivity contribution in [2.75, 3.05) is 0 Å². The second-order valence-corrected chi connectivity index (χ2v) is 5.56. The molecule has 0 heterocycles. The fourth-order valence-corrected chi connectivity index (χ4v) is 1.92. The van der Waals surface area contributed by atoms with Gasteiger partial charge >= 0.3 is 6.18 Å². The molecule has 0 aliphatic carbocycles. The van der Waals surface area contributed by atoms with Gasteiger partial charge in [-0.1, -0.05) is 27.7 Å². The lowest BCUT2D eigenvalue weighted by Crippen LogP contribution is -2.44. The van der Waals surface area contributed by atoms with E-state index < -0.39 is 11.8 Å². The Hall–Kier alpha value is -0.250. The Kier molecular flexibility index (Phi) is 5.30. The monoisotopic (exact) mass is 240 g/mol. The molecule has 0 saturated heterocycles. The fraction of sp³-hybridized carbons (Fsp3) is 1.00. The maximum Gasteiger partial charge on any atom is 0.416 e. The summed E-state index contributed by atoms with van der Waals surface area (Å²) in [6.07, 6.45) is -3.89. The second kappa shape index (κ2) is 5.39. The predicted octanol–water partition coefficient (Wildman–Crippen LogP) is 4.01. The zero-order valence-corrected chi connectivity index (χ0v) is 10.7. The zero-order valence-electron chi connectivity index (χ0n) is 10.7. The van der Waals surface area contributed by atoms with Crippen molar-refractivity contribution in [1.82, 2.24) is 0 Å². The fourth-order valence-electron chi connectivity index (χ4n) is 1.92. The van der Waals surface area contributed by atoms with Crippen molar-refractivity contribution in [3.8, 4) is 0 Å². The van der Waals surface area contributed by atoms with E-state index in [1.54, 1.807) is 6.92 Å². The van der Waals surface area contributed by atoms with E-state index in [2.05, 4.69) is 0 Å². The summed E-state index contributed by atoms with van der Waals surface area (Å²) in [6.45, 7) is 8.66. The first kappa shape index (κ1) is 15.8. The van der Waals surface area contributed by atoms with Gasteiger partial charge in [-0.25, -0.2) is 0 Å². The van der Waals surface area contributed by atoms with Crippen LogP contribution < -0.4 is 0 Å². The Morgan fingerprint density at radius 1 is 1.00 bits per heavy atom. The topological polar surface area (TPSA) is 20.2 Å². The third-order valence-electron chi connectivity index (χ3n) is 3.14. The minimum Gasteiger partial charge on any atom is -0.381 e. The van der Waals surface area contributed by atoms with Crippen LogP contribution in [-0.2, 0) is 0 Å². The van der Waals surface area contributed by atoms with Crippen LogP contribution in [0.3, 0.4) is 0 Å². The highest BCUT2D eigenvalue weighted by Crippen LogP contribution is 2.37. The molecule has 0 fully saturated rings. The molecular formula is C12H23F3O. The summed E-state index contributed by atoms with van der Waals surface area (Å²) in [7, 11) is 0. The minimum absolute atomic E-state index is 0.140. The molecular weight excluding hydrogens is 217 g/mol. The van der Waals surface area contributed by atoms with E-state index in [0.717, 1.165) is 13.3 Å². The molecule has 0 aromatic heterocycles. The lowest BCUT2D eigenvalue weighted by atomic mass is 9.81. The first-order valence-electron chi connectivity index (χ1n) is 5.76. The molecule has 4 heteroatoms. The van der Waals surface area contributed by atoms with E-state index in [-0.39, 0.29) is 18.3 Å². The van der Waals surface area contributed by atoms with Gasteiger partial charge in [0.1, 0.15) is 0 Å². The average molecular weight is 240 g/mol. The van der Waals surface area contributed by atoms with Gasteiger partial charge in [0.05, 0.1) is 0 Å². The third kappa shape index (κ3) is 4.73. The average Bonchev–Trinajstić information content (AvgIpc) is 1.99. The normalized spacial score (nSPS) is 20.6. The predicted molar refractivity (Wildman–Crippen MR) is 59.1 cm³/mol. The largest absolute Gasteiger partial charge is 0.416 e. The molecule has 0 aliphatic rings. The lowest BCUT2D eigenvalue weighted by molar-refractivity contribution is -0.259. The standard InChI is InChI=1S/C12H23F3O/c1-8(2)6-9(3)10(4)7-11(5,16)12(13,14)15/h8-10,16H,6-7H2,1-5H3. The summed E-state index contributed by atoms with van der Waals surface area (Å²) in [5.41, 5.74) is -2.57. The van der Waals surface area contributed by atoms with Crippen molar-refractivity contribution in [3.05, 3.63) is 0 Å². The molecule has 0 saturated carbocycles. The highest BCUT2D eigenvalue weighted by atomic mass is 19.4. The van der Waals surface area contributed by atoms with Crippen LogP contribution in [-0.4, -0.2) is 16.9 Å². The van der Waals surface area contributed by atoms with Gasteiger partial charge in [-0.3, -0.25) is 0 Å². The van der Waals surface area contributed by atoms with Crippen LogP contribution in [0.5, 0.6) is 0 Å². The molecule has 3 unspecified atom stereocenters. The summed E-state index contributed by atoms with van der Waals surface area (Å²) in [5.74, 6) is 0.515. The van der Waals surface area contributed by atoms with Gasteiger partial charge in [0.15, 0.2) is 5.60 Å². The van der Waals surface area contributed by atoms with E-state index in [0.29, 0.717) is 5.92 Å². The van der Waals surface area contributed by atoms with Crippen LogP contribution in [0.25, 0.3) is 0 Å². The number of alkyl halides is 3. The van der Waals surface area contributed by atoms with E-state index in [1.807, 2.05) is 20.8 Å². The van der Waals surface area contributed by atoms with Gasteiger partial charge in [-0.2, -0.15) is 13.2 Å². The molecule has 0 amide bonds. The smallest absolute Gasteiger partial charge is 0.381 e. The van der Waals surface area contributed by atoms with Gasteiger partial charge in [-0.05, 0) is 37.5 Å². The molecule has 0 bridgehead atoms. The first-order chi connectivity index (χ1) is 6.97. The van der Waals surface area contributed by atoms with Crippen molar-refractivity contribution in [2.24, 2.45) is 17.8 Å². The van der Waals surface area contributed by atoms with Gasteiger partial charge in [-0.15, -0.1) is 0 Å². The molecule has 0 rings (SSSR count). The van der Waals surface area contributed by atoms with Crippen molar-refractivity contribution >= 4 is 0 Å². The summed E-state index contributed by atoms with van der Waals surface area (Å²) in [6, 6.07) is 0. The summed E-state index contributed by atoms with van der Waals surface area (Å²) < 4.78 is 37.4. The summed E-state index contributed by atoms with van der Waals surface area (Å²) in [5, 5.41) is 9.38. The van der Waals surface area contributed by atoms with Gasteiger partial charge in [0.2, 0.25) is 0 Å². The van der Waals surface area contributed by atoms with Gasteiger partial charge in [0, 0.05) is 0 Å². The van der Waals surface area contributed by atoms with Crippen LogP contribution in [0.15, 0.2) is 0 Å². The number of hydrogen-bond acceptors (Lipinski definition) is 1. The quantitative estimate of drug-likeness (QED) is 0.769. The van der Waals surface area contributed by atoms with Crippen LogP contribution >= 0.6 is 0 Å². The molecule has 3 atom stereocenters. The Labute approximate surface area is 96.0 Å².